The second-order valence-corrected chi connectivity index (χ2v) is 14.8. The van der Waals surface area contributed by atoms with E-state index in [4.69, 9.17) is 0 Å². The Balaban J connectivity index is 1.92. The lowest BCUT2D eigenvalue weighted by atomic mass is 9.85. The predicted octanol–water partition coefficient (Wildman–Crippen LogP) is 10.5. The van der Waals surface area contributed by atoms with Crippen LogP contribution < -0.4 is 5.30 Å². The van der Waals surface area contributed by atoms with Crippen molar-refractivity contribution in [1.82, 2.24) is 0 Å². The van der Waals surface area contributed by atoms with E-state index >= 15 is 0 Å². The van der Waals surface area contributed by atoms with Crippen LogP contribution in [0.4, 0.5) is 0 Å². The summed E-state index contributed by atoms with van der Waals surface area (Å²) < 4.78 is 0. The molecule has 0 radical (unpaired) electrons. The third-order valence-electron chi connectivity index (χ3n) is 8.54. The highest BCUT2D eigenvalue weighted by Gasteiger charge is 2.34. The fourth-order valence-electron chi connectivity index (χ4n) is 6.60. The minimum absolute atomic E-state index is 0.129. The maximum absolute atomic E-state index is 2.58. The van der Waals surface area contributed by atoms with E-state index in [0.717, 1.165) is 11.3 Å². The van der Waals surface area contributed by atoms with Crippen LogP contribution in [0.3, 0.4) is 0 Å². The maximum atomic E-state index is 2.58. The Morgan fingerprint density at radius 3 is 1.68 bits per heavy atom. The molecule has 0 bridgehead atoms. The summed E-state index contributed by atoms with van der Waals surface area (Å²) in [6.07, 6.45) is 14.6. The van der Waals surface area contributed by atoms with E-state index in [1.807, 2.05) is 0 Å². The van der Waals surface area contributed by atoms with Gasteiger partial charge in [-0.3, -0.25) is 0 Å². The predicted molar refractivity (Wildman–Crippen MR) is 154 cm³/mol. The number of rotatable bonds is 7. The Kier molecular flexibility index (Phi) is 8.96. The molecule has 2 saturated carbocycles. The van der Waals surface area contributed by atoms with Gasteiger partial charge in [-0.25, -0.2) is 0 Å². The van der Waals surface area contributed by atoms with Gasteiger partial charge in [0, 0.05) is 0 Å². The standard InChI is InChI=1S/C33H49P/c1-23(2)26-20-21-30(31(22-26)25(5)6)33-29(24(3)4)18-13-19-32(33)34(27-14-9-7-10-15-27)28-16-11-8-12-17-28/h13,18-25,27-28H,7-12,14-17H2,1-6H3. The Hall–Kier alpha value is -1.13. The van der Waals surface area contributed by atoms with Crippen LogP contribution in [0.15, 0.2) is 36.4 Å². The van der Waals surface area contributed by atoms with Crippen LogP contribution in [0, 0.1) is 0 Å². The Bertz CT molecular complexity index is 908. The molecule has 0 spiro atoms. The fraction of sp³-hybridized carbons (Fsp3) is 0.636. The van der Waals surface area contributed by atoms with Crippen molar-refractivity contribution in [3.8, 4) is 11.1 Å². The average Bonchev–Trinajstić information content (AvgIpc) is 2.85. The van der Waals surface area contributed by atoms with E-state index in [1.54, 1.807) is 22.0 Å². The Labute approximate surface area is 212 Å². The molecule has 2 aliphatic rings. The van der Waals surface area contributed by atoms with Crippen LogP contribution in [0.2, 0.25) is 0 Å². The molecule has 0 atom stereocenters. The molecule has 1 heteroatoms. The smallest absolute Gasteiger partial charge is 0.00692 e. The molecule has 2 fully saturated rings. The van der Waals surface area contributed by atoms with Gasteiger partial charge in [0.15, 0.2) is 0 Å². The fourth-order valence-corrected chi connectivity index (χ4v) is 10.6. The van der Waals surface area contributed by atoms with Crippen LogP contribution in [0.5, 0.6) is 0 Å². The van der Waals surface area contributed by atoms with Crippen molar-refractivity contribution in [1.29, 1.82) is 0 Å². The van der Waals surface area contributed by atoms with E-state index in [-0.39, 0.29) is 7.92 Å². The summed E-state index contributed by atoms with van der Waals surface area (Å²) in [4.78, 5) is 0. The highest BCUT2D eigenvalue weighted by atomic mass is 31.1. The van der Waals surface area contributed by atoms with Gasteiger partial charge in [0.2, 0.25) is 0 Å². The molecule has 0 unspecified atom stereocenters. The maximum Gasteiger partial charge on any atom is -0.00692 e. The molecule has 0 N–H and O–H groups in total. The lowest BCUT2D eigenvalue weighted by molar-refractivity contribution is 0.487. The summed E-state index contributed by atoms with van der Waals surface area (Å²) in [7, 11) is -0.129. The minimum atomic E-state index is -0.129. The molecule has 0 nitrogen and oxygen atoms in total. The molecular formula is C33H49P. The molecule has 186 valence electrons. The van der Waals surface area contributed by atoms with E-state index < -0.39 is 0 Å². The highest BCUT2D eigenvalue weighted by molar-refractivity contribution is 7.67. The summed E-state index contributed by atoms with van der Waals surface area (Å²) in [5.41, 5.74) is 9.67. The molecule has 0 heterocycles. The van der Waals surface area contributed by atoms with Gasteiger partial charge < -0.3 is 0 Å². The van der Waals surface area contributed by atoms with Crippen LogP contribution >= 0.6 is 7.92 Å². The van der Waals surface area contributed by atoms with Crippen molar-refractivity contribution in [2.24, 2.45) is 0 Å². The molecule has 2 aromatic carbocycles. The van der Waals surface area contributed by atoms with Crippen molar-refractivity contribution in [2.45, 2.75) is 135 Å². The van der Waals surface area contributed by atoms with Gasteiger partial charge in [-0.1, -0.05) is 124 Å². The second kappa shape index (κ2) is 11.7. The van der Waals surface area contributed by atoms with E-state index in [2.05, 4.69) is 77.9 Å². The molecular weight excluding hydrogens is 427 g/mol. The first kappa shape index (κ1) is 25.9. The zero-order valence-corrected chi connectivity index (χ0v) is 23.8. The van der Waals surface area contributed by atoms with Crippen LogP contribution in [0.1, 0.15) is 140 Å². The topological polar surface area (TPSA) is 0 Å². The lowest BCUT2D eigenvalue weighted by Crippen LogP contribution is -2.28. The SMILES string of the molecule is CC(C)c1ccc(-c2c(C(C)C)cccc2P(C2CCCCC2)C2CCCCC2)c(C(C)C)c1. The third kappa shape index (κ3) is 5.64. The van der Waals surface area contributed by atoms with Gasteiger partial charge >= 0.3 is 0 Å². The van der Waals surface area contributed by atoms with Crippen LogP contribution in [-0.2, 0) is 0 Å². The van der Waals surface area contributed by atoms with Crippen LogP contribution in [0.25, 0.3) is 11.1 Å². The van der Waals surface area contributed by atoms with Crippen molar-refractivity contribution < 1.29 is 0 Å². The molecule has 0 saturated heterocycles. The number of hydrogen-bond acceptors (Lipinski definition) is 0. The summed E-state index contributed by atoms with van der Waals surface area (Å²) in [6, 6.07) is 14.9. The van der Waals surface area contributed by atoms with E-state index in [0.29, 0.717) is 17.8 Å². The molecule has 34 heavy (non-hydrogen) atoms. The highest BCUT2D eigenvalue weighted by Crippen LogP contribution is 2.57. The first-order valence-corrected chi connectivity index (χ1v) is 15.9. The third-order valence-corrected chi connectivity index (χ3v) is 12.1. The molecule has 2 aromatic rings. The van der Waals surface area contributed by atoms with Gasteiger partial charge in [0.05, 0.1) is 0 Å². The van der Waals surface area contributed by atoms with Crippen molar-refractivity contribution in [3.05, 3.63) is 53.1 Å². The summed E-state index contributed by atoms with van der Waals surface area (Å²) in [5.74, 6) is 1.67. The molecule has 0 amide bonds. The van der Waals surface area contributed by atoms with Gasteiger partial charge in [0.1, 0.15) is 0 Å². The Morgan fingerprint density at radius 1 is 0.618 bits per heavy atom. The lowest BCUT2D eigenvalue weighted by Gasteiger charge is -2.40. The largest absolute Gasteiger partial charge is 0.0683 e. The first-order chi connectivity index (χ1) is 16.4. The monoisotopic (exact) mass is 476 g/mol. The normalized spacial score (nSPS) is 18.5. The minimum Gasteiger partial charge on any atom is -0.0683 e. The number of hydrogen-bond donors (Lipinski definition) is 0. The quantitative estimate of drug-likeness (QED) is 0.349. The average molecular weight is 477 g/mol. The molecule has 4 rings (SSSR count). The van der Waals surface area contributed by atoms with Gasteiger partial charge in [0.25, 0.3) is 0 Å². The van der Waals surface area contributed by atoms with E-state index in [1.165, 1.54) is 75.3 Å². The van der Waals surface area contributed by atoms with Gasteiger partial charge in [-0.05, 0) is 87.9 Å². The van der Waals surface area contributed by atoms with Gasteiger partial charge in [-0.2, -0.15) is 0 Å². The van der Waals surface area contributed by atoms with Gasteiger partial charge in [-0.15, -0.1) is 0 Å². The van der Waals surface area contributed by atoms with E-state index in [9.17, 15) is 0 Å². The molecule has 2 aliphatic carbocycles. The van der Waals surface area contributed by atoms with Crippen molar-refractivity contribution in [3.63, 3.8) is 0 Å². The Morgan fingerprint density at radius 2 is 1.18 bits per heavy atom. The van der Waals surface area contributed by atoms with Crippen molar-refractivity contribution in [2.75, 3.05) is 0 Å². The summed E-state index contributed by atoms with van der Waals surface area (Å²) >= 11 is 0. The van der Waals surface area contributed by atoms with Crippen molar-refractivity contribution >= 4 is 13.2 Å². The summed E-state index contributed by atoms with van der Waals surface area (Å²) in [5, 5.41) is 1.76. The number of benzene rings is 2. The molecule has 0 aliphatic heterocycles. The second-order valence-electron chi connectivity index (χ2n) is 12.0. The molecule has 0 aromatic heterocycles. The zero-order chi connectivity index (χ0) is 24.2. The zero-order valence-electron chi connectivity index (χ0n) is 22.9. The summed E-state index contributed by atoms with van der Waals surface area (Å²) in [6.45, 7) is 14.3. The van der Waals surface area contributed by atoms with Crippen LogP contribution in [-0.4, -0.2) is 11.3 Å². The first-order valence-electron chi connectivity index (χ1n) is 14.4.